The van der Waals surface area contributed by atoms with Crippen molar-refractivity contribution < 1.29 is 0 Å². The summed E-state index contributed by atoms with van der Waals surface area (Å²) in [4.78, 5) is 11.9. The molecule has 86 valence electrons. The van der Waals surface area contributed by atoms with Crippen molar-refractivity contribution in [3.63, 3.8) is 0 Å². The standard InChI is InChI=1S/C14H14N2O/c1-9-6-11(3)14-12(7-9)10(2)8-13(17)16(14)5-4-15/h6-8H,5H2,1-3H3. The normalized spacial score (nSPS) is 10.5. The van der Waals surface area contributed by atoms with Gasteiger partial charge in [-0.2, -0.15) is 5.26 Å². The summed E-state index contributed by atoms with van der Waals surface area (Å²) in [6.07, 6.45) is 0. The summed E-state index contributed by atoms with van der Waals surface area (Å²) in [7, 11) is 0. The Bertz CT molecular complexity index is 690. The fraction of sp³-hybridized carbons (Fsp3) is 0.286. The number of aryl methyl sites for hydroxylation is 3. The van der Waals surface area contributed by atoms with Gasteiger partial charge in [0.1, 0.15) is 6.54 Å². The molecule has 0 saturated carbocycles. The van der Waals surface area contributed by atoms with Crippen molar-refractivity contribution in [2.24, 2.45) is 0 Å². The molecule has 3 nitrogen and oxygen atoms in total. The van der Waals surface area contributed by atoms with Crippen molar-refractivity contribution in [3.05, 3.63) is 45.2 Å². The lowest BCUT2D eigenvalue weighted by Crippen LogP contribution is -2.20. The van der Waals surface area contributed by atoms with Crippen molar-refractivity contribution in [1.29, 1.82) is 5.26 Å². The van der Waals surface area contributed by atoms with Gasteiger partial charge in [0.15, 0.2) is 0 Å². The molecular formula is C14H14N2O. The van der Waals surface area contributed by atoms with E-state index in [-0.39, 0.29) is 12.1 Å². The molecule has 0 N–H and O–H groups in total. The summed E-state index contributed by atoms with van der Waals surface area (Å²) in [6, 6.07) is 7.73. The van der Waals surface area contributed by atoms with Crippen molar-refractivity contribution in [2.45, 2.75) is 27.3 Å². The molecule has 0 atom stereocenters. The van der Waals surface area contributed by atoms with Crippen LogP contribution in [0.15, 0.2) is 23.0 Å². The molecule has 0 bridgehead atoms. The maximum absolute atomic E-state index is 11.9. The van der Waals surface area contributed by atoms with Gasteiger partial charge in [0.2, 0.25) is 0 Å². The van der Waals surface area contributed by atoms with Crippen LogP contribution in [0.3, 0.4) is 0 Å². The van der Waals surface area contributed by atoms with Gasteiger partial charge in [-0.1, -0.05) is 11.6 Å². The van der Waals surface area contributed by atoms with E-state index in [9.17, 15) is 4.79 Å². The predicted octanol–water partition coefficient (Wildman–Crippen LogP) is 2.45. The average Bonchev–Trinajstić information content (AvgIpc) is 2.24. The molecule has 0 radical (unpaired) electrons. The number of aromatic nitrogens is 1. The van der Waals surface area contributed by atoms with Crippen LogP contribution >= 0.6 is 0 Å². The van der Waals surface area contributed by atoms with Gasteiger partial charge in [0.05, 0.1) is 11.6 Å². The molecule has 0 amide bonds. The molecule has 2 aromatic rings. The van der Waals surface area contributed by atoms with Crippen molar-refractivity contribution in [3.8, 4) is 6.07 Å². The first-order valence-corrected chi connectivity index (χ1v) is 5.53. The Labute approximate surface area is 99.9 Å². The molecule has 17 heavy (non-hydrogen) atoms. The minimum Gasteiger partial charge on any atom is -0.294 e. The second kappa shape index (κ2) is 4.06. The van der Waals surface area contributed by atoms with Gasteiger partial charge in [0, 0.05) is 11.5 Å². The largest absolute Gasteiger partial charge is 0.294 e. The summed E-state index contributed by atoms with van der Waals surface area (Å²) in [5.41, 5.74) is 3.94. The first kappa shape index (κ1) is 11.4. The highest BCUT2D eigenvalue weighted by atomic mass is 16.1. The topological polar surface area (TPSA) is 45.8 Å². The summed E-state index contributed by atoms with van der Waals surface area (Å²) >= 11 is 0. The molecule has 0 saturated heterocycles. The number of nitriles is 1. The van der Waals surface area contributed by atoms with Crippen molar-refractivity contribution in [1.82, 2.24) is 4.57 Å². The van der Waals surface area contributed by atoms with Crippen LogP contribution in [-0.2, 0) is 6.54 Å². The number of hydrogen-bond donors (Lipinski definition) is 0. The monoisotopic (exact) mass is 226 g/mol. The van der Waals surface area contributed by atoms with Crippen LogP contribution in [0.1, 0.15) is 16.7 Å². The van der Waals surface area contributed by atoms with Crippen LogP contribution in [0.25, 0.3) is 10.9 Å². The van der Waals surface area contributed by atoms with E-state index in [2.05, 4.69) is 6.07 Å². The molecule has 0 unspecified atom stereocenters. The van der Waals surface area contributed by atoms with E-state index >= 15 is 0 Å². The molecule has 0 aliphatic carbocycles. The van der Waals surface area contributed by atoms with Crippen molar-refractivity contribution in [2.75, 3.05) is 0 Å². The van der Waals surface area contributed by atoms with Crippen LogP contribution in [-0.4, -0.2) is 4.57 Å². The van der Waals surface area contributed by atoms with Gasteiger partial charge in [-0.05, 0) is 38.0 Å². The zero-order valence-corrected chi connectivity index (χ0v) is 10.2. The third kappa shape index (κ3) is 1.83. The Hall–Kier alpha value is -2.08. The fourth-order valence-electron chi connectivity index (χ4n) is 2.30. The van der Waals surface area contributed by atoms with Crippen LogP contribution < -0.4 is 5.56 Å². The number of rotatable bonds is 1. The van der Waals surface area contributed by atoms with E-state index in [1.807, 2.05) is 32.9 Å². The lowest BCUT2D eigenvalue weighted by molar-refractivity contribution is 0.821. The maximum atomic E-state index is 11.9. The molecule has 1 heterocycles. The SMILES string of the molecule is Cc1cc(C)c2c(c1)c(C)cc(=O)n2CC#N. The molecule has 1 aromatic heterocycles. The van der Waals surface area contributed by atoms with E-state index in [0.717, 1.165) is 22.0 Å². The van der Waals surface area contributed by atoms with Crippen LogP contribution in [0.4, 0.5) is 0 Å². The minimum absolute atomic E-state index is 0.0967. The first-order chi connectivity index (χ1) is 8.04. The number of hydrogen-bond acceptors (Lipinski definition) is 2. The lowest BCUT2D eigenvalue weighted by atomic mass is 10.0. The van der Waals surface area contributed by atoms with Crippen molar-refractivity contribution >= 4 is 10.9 Å². The zero-order chi connectivity index (χ0) is 12.6. The second-order valence-electron chi connectivity index (χ2n) is 4.39. The maximum Gasteiger partial charge on any atom is 0.252 e. The first-order valence-electron chi connectivity index (χ1n) is 5.53. The Morgan fingerprint density at radius 2 is 1.88 bits per heavy atom. The fourth-order valence-corrected chi connectivity index (χ4v) is 2.30. The van der Waals surface area contributed by atoms with E-state index in [1.165, 1.54) is 10.1 Å². The number of pyridine rings is 1. The Morgan fingerprint density at radius 3 is 2.53 bits per heavy atom. The average molecular weight is 226 g/mol. The van der Waals surface area contributed by atoms with Crippen LogP contribution in [0.5, 0.6) is 0 Å². The number of benzene rings is 1. The van der Waals surface area contributed by atoms with Crippen LogP contribution in [0.2, 0.25) is 0 Å². The second-order valence-corrected chi connectivity index (χ2v) is 4.39. The van der Waals surface area contributed by atoms with Gasteiger partial charge in [-0.15, -0.1) is 0 Å². The summed E-state index contributed by atoms with van der Waals surface area (Å²) in [5.74, 6) is 0. The number of nitrogens with zero attached hydrogens (tertiary/aromatic N) is 2. The highest BCUT2D eigenvalue weighted by Crippen LogP contribution is 2.22. The van der Waals surface area contributed by atoms with Gasteiger partial charge >= 0.3 is 0 Å². The molecule has 0 aliphatic rings. The van der Waals surface area contributed by atoms with E-state index in [0.29, 0.717) is 0 Å². The summed E-state index contributed by atoms with van der Waals surface area (Å²) in [5, 5.41) is 9.86. The van der Waals surface area contributed by atoms with Gasteiger partial charge in [0.25, 0.3) is 5.56 Å². The summed E-state index contributed by atoms with van der Waals surface area (Å²) in [6.45, 7) is 6.03. The molecule has 2 rings (SSSR count). The van der Waals surface area contributed by atoms with Gasteiger partial charge < -0.3 is 0 Å². The molecule has 0 aliphatic heterocycles. The van der Waals surface area contributed by atoms with Gasteiger partial charge in [-0.3, -0.25) is 9.36 Å². The Balaban J connectivity index is 3.01. The van der Waals surface area contributed by atoms with Crippen LogP contribution in [0, 0.1) is 32.1 Å². The predicted molar refractivity (Wildman–Crippen MR) is 68.0 cm³/mol. The third-order valence-corrected chi connectivity index (χ3v) is 2.97. The third-order valence-electron chi connectivity index (χ3n) is 2.97. The molecule has 0 fully saturated rings. The molecular weight excluding hydrogens is 212 g/mol. The smallest absolute Gasteiger partial charge is 0.252 e. The zero-order valence-electron chi connectivity index (χ0n) is 10.2. The lowest BCUT2D eigenvalue weighted by Gasteiger charge is -2.12. The molecule has 1 aromatic carbocycles. The molecule has 0 spiro atoms. The van der Waals surface area contributed by atoms with Gasteiger partial charge in [-0.25, -0.2) is 0 Å². The highest BCUT2D eigenvalue weighted by molar-refractivity contribution is 5.86. The summed E-state index contributed by atoms with van der Waals surface area (Å²) < 4.78 is 1.54. The van der Waals surface area contributed by atoms with E-state index in [1.54, 1.807) is 6.07 Å². The number of fused-ring (bicyclic) bond motifs is 1. The Morgan fingerprint density at radius 1 is 1.18 bits per heavy atom. The minimum atomic E-state index is -0.108. The Kier molecular flexibility index (Phi) is 2.72. The van der Waals surface area contributed by atoms with E-state index < -0.39 is 0 Å². The molecule has 3 heteroatoms. The quantitative estimate of drug-likeness (QED) is 0.749. The van der Waals surface area contributed by atoms with E-state index in [4.69, 9.17) is 5.26 Å². The highest BCUT2D eigenvalue weighted by Gasteiger charge is 2.09.